The van der Waals surface area contributed by atoms with Crippen LogP contribution >= 0.6 is 11.3 Å². The van der Waals surface area contributed by atoms with Crippen molar-refractivity contribution < 1.29 is 4.39 Å². The Morgan fingerprint density at radius 3 is 2.64 bits per heavy atom. The molecule has 0 spiro atoms. The van der Waals surface area contributed by atoms with Gasteiger partial charge in [0, 0.05) is 32.1 Å². The van der Waals surface area contributed by atoms with E-state index in [1.165, 1.54) is 6.07 Å². The number of imidazole rings is 1. The molecule has 33 heavy (non-hydrogen) atoms. The minimum absolute atomic E-state index is 0.262. The lowest BCUT2D eigenvalue weighted by Crippen LogP contribution is -2.08. The first kappa shape index (κ1) is 19.5. The highest BCUT2D eigenvalue weighted by Crippen LogP contribution is 2.33. The number of nitrogens with zero attached hydrogens (tertiary/aromatic N) is 6. The lowest BCUT2D eigenvalue weighted by atomic mass is 10.1. The number of nitrogens with one attached hydrogen (secondary N) is 2. The summed E-state index contributed by atoms with van der Waals surface area (Å²) in [5.41, 5.74) is 6.85. The largest absolute Gasteiger partial charge is 0.376 e. The number of rotatable bonds is 4. The van der Waals surface area contributed by atoms with Crippen molar-refractivity contribution in [3.05, 3.63) is 60.1 Å². The van der Waals surface area contributed by atoms with E-state index in [2.05, 4.69) is 25.1 Å². The van der Waals surface area contributed by atoms with Gasteiger partial charge < -0.3 is 9.88 Å². The molecular formula is C23H17FN8S. The van der Waals surface area contributed by atoms with Crippen LogP contribution in [0.2, 0.25) is 0 Å². The van der Waals surface area contributed by atoms with Crippen molar-refractivity contribution in [3.8, 4) is 33.3 Å². The van der Waals surface area contributed by atoms with Crippen molar-refractivity contribution in [2.45, 2.75) is 0 Å². The number of anilines is 1. The zero-order valence-corrected chi connectivity index (χ0v) is 18.5. The monoisotopic (exact) mass is 456 g/mol. The van der Waals surface area contributed by atoms with E-state index in [0.29, 0.717) is 28.2 Å². The lowest BCUT2D eigenvalue weighted by molar-refractivity contribution is 0.657. The van der Waals surface area contributed by atoms with Crippen LogP contribution in [0.15, 0.2) is 55.0 Å². The van der Waals surface area contributed by atoms with E-state index in [4.69, 9.17) is 9.97 Å². The van der Waals surface area contributed by atoms with Gasteiger partial charge in [0.2, 0.25) is 0 Å². The van der Waals surface area contributed by atoms with Crippen molar-refractivity contribution in [1.82, 2.24) is 35.1 Å². The predicted molar refractivity (Wildman–Crippen MR) is 128 cm³/mol. The highest BCUT2D eigenvalue weighted by atomic mass is 32.1. The third-order valence-corrected chi connectivity index (χ3v) is 6.26. The van der Waals surface area contributed by atoms with Crippen LogP contribution in [0.1, 0.15) is 0 Å². The Morgan fingerprint density at radius 2 is 1.82 bits per heavy atom. The summed E-state index contributed by atoms with van der Waals surface area (Å²) in [5.74, 6) is 0.562. The Balaban J connectivity index is 1.48. The molecule has 0 aliphatic carbocycles. The number of pyridine rings is 3. The molecule has 0 saturated heterocycles. The van der Waals surface area contributed by atoms with Crippen molar-refractivity contribution in [2.24, 2.45) is 0 Å². The van der Waals surface area contributed by atoms with Gasteiger partial charge in [-0.2, -0.15) is 9.49 Å². The maximum atomic E-state index is 13.6. The molecule has 10 heteroatoms. The van der Waals surface area contributed by atoms with E-state index >= 15 is 0 Å². The molecule has 6 aromatic heterocycles. The second-order valence-corrected chi connectivity index (χ2v) is 8.77. The Bertz CT molecular complexity index is 1630. The first-order valence-corrected chi connectivity index (χ1v) is 11.0. The topological polar surface area (TPSA) is 99.3 Å². The first-order chi connectivity index (χ1) is 16.1. The summed E-state index contributed by atoms with van der Waals surface area (Å²) in [7, 11) is 3.95. The number of fused-ring (bicyclic) bond motifs is 2. The second kappa shape index (κ2) is 7.45. The van der Waals surface area contributed by atoms with Crippen LogP contribution in [-0.4, -0.2) is 49.2 Å². The molecule has 6 rings (SSSR count). The molecule has 0 unspecified atom stereocenters. The Hall–Kier alpha value is -4.18. The number of halogens is 1. The third-order valence-electron chi connectivity index (χ3n) is 5.38. The zero-order valence-electron chi connectivity index (χ0n) is 17.7. The van der Waals surface area contributed by atoms with Gasteiger partial charge in [-0.3, -0.25) is 15.1 Å². The molecule has 0 fully saturated rings. The van der Waals surface area contributed by atoms with Crippen molar-refractivity contribution in [3.63, 3.8) is 0 Å². The SMILES string of the molecule is CN(C)c1cncc(-c2ccc3[nH]nc(-c4nc5c(-c6ccc(F)s6)nccc5[nH]4)c3n2)c1. The van der Waals surface area contributed by atoms with E-state index in [1.54, 1.807) is 18.5 Å². The number of thiophene rings is 1. The van der Waals surface area contributed by atoms with Crippen LogP contribution in [0, 0.1) is 5.13 Å². The average molecular weight is 457 g/mol. The second-order valence-electron chi connectivity index (χ2n) is 7.74. The van der Waals surface area contributed by atoms with Gasteiger partial charge in [-0.05, 0) is 36.4 Å². The minimum atomic E-state index is -0.262. The van der Waals surface area contributed by atoms with Crippen molar-refractivity contribution in [1.29, 1.82) is 0 Å². The Kier molecular flexibility index (Phi) is 4.40. The highest BCUT2D eigenvalue weighted by Gasteiger charge is 2.18. The van der Waals surface area contributed by atoms with Gasteiger partial charge in [-0.15, -0.1) is 11.3 Å². The van der Waals surface area contributed by atoms with Gasteiger partial charge in [0.1, 0.15) is 16.7 Å². The fourth-order valence-corrected chi connectivity index (χ4v) is 4.43. The van der Waals surface area contributed by atoms with Gasteiger partial charge in [-0.25, -0.2) is 9.97 Å². The molecule has 0 bridgehead atoms. The Labute approximate surface area is 191 Å². The molecule has 0 saturated carbocycles. The van der Waals surface area contributed by atoms with Crippen molar-refractivity contribution >= 4 is 39.1 Å². The number of hydrogen-bond acceptors (Lipinski definition) is 7. The summed E-state index contributed by atoms with van der Waals surface area (Å²) in [5, 5.41) is 7.23. The summed E-state index contributed by atoms with van der Waals surface area (Å²) in [6, 6.07) is 10.9. The molecule has 6 aromatic rings. The number of aromatic nitrogens is 7. The molecule has 2 N–H and O–H groups in total. The summed E-state index contributed by atoms with van der Waals surface area (Å²) in [6.45, 7) is 0. The van der Waals surface area contributed by atoms with E-state index in [1.807, 2.05) is 49.5 Å². The fraction of sp³-hybridized carbons (Fsp3) is 0.0870. The summed E-state index contributed by atoms with van der Waals surface area (Å²) in [4.78, 5) is 24.4. The van der Waals surface area contributed by atoms with Gasteiger partial charge >= 0.3 is 0 Å². The van der Waals surface area contributed by atoms with E-state index in [9.17, 15) is 4.39 Å². The van der Waals surface area contributed by atoms with Gasteiger partial charge in [0.25, 0.3) is 0 Å². The molecule has 0 aliphatic heterocycles. The summed E-state index contributed by atoms with van der Waals surface area (Å²) >= 11 is 1.04. The average Bonchev–Trinajstić information content (AvgIpc) is 3.55. The molecule has 0 aromatic carbocycles. The highest BCUT2D eigenvalue weighted by molar-refractivity contribution is 7.13. The minimum Gasteiger partial charge on any atom is -0.376 e. The molecule has 8 nitrogen and oxygen atoms in total. The number of aromatic amines is 2. The number of hydrogen-bond donors (Lipinski definition) is 2. The van der Waals surface area contributed by atoms with Crippen LogP contribution in [0.5, 0.6) is 0 Å². The molecule has 6 heterocycles. The number of H-pyrrole nitrogens is 2. The van der Waals surface area contributed by atoms with E-state index in [0.717, 1.165) is 44.2 Å². The standard InChI is InChI=1S/C23H17FN8S/c1-32(2)13-9-12(10-25-11-13)14-3-4-16-20(27-14)22(31-30-16)23-28-15-7-8-26-21(19(15)29-23)17-5-6-18(24)33-17/h3-11H,1-2H3,(H,28,29)(H,30,31). The molecule has 0 amide bonds. The molecular weight excluding hydrogens is 439 g/mol. The van der Waals surface area contributed by atoms with E-state index < -0.39 is 0 Å². The molecule has 0 aliphatic rings. The smallest absolute Gasteiger partial charge is 0.177 e. The van der Waals surface area contributed by atoms with Gasteiger partial charge in [0.05, 0.1) is 33.5 Å². The molecule has 162 valence electrons. The van der Waals surface area contributed by atoms with Crippen LogP contribution in [0.4, 0.5) is 10.1 Å². The van der Waals surface area contributed by atoms with Crippen LogP contribution in [-0.2, 0) is 0 Å². The van der Waals surface area contributed by atoms with E-state index in [-0.39, 0.29) is 5.13 Å². The lowest BCUT2D eigenvalue weighted by Gasteiger charge is -2.12. The Morgan fingerprint density at radius 1 is 0.939 bits per heavy atom. The maximum Gasteiger partial charge on any atom is 0.177 e. The van der Waals surface area contributed by atoms with Gasteiger partial charge in [0.15, 0.2) is 16.6 Å². The van der Waals surface area contributed by atoms with Gasteiger partial charge in [-0.1, -0.05) is 0 Å². The van der Waals surface area contributed by atoms with Crippen LogP contribution < -0.4 is 4.90 Å². The normalized spacial score (nSPS) is 11.5. The predicted octanol–water partition coefficient (Wildman–Crippen LogP) is 4.89. The summed E-state index contributed by atoms with van der Waals surface area (Å²) in [6.07, 6.45) is 5.28. The molecule has 0 atom stereocenters. The quantitative estimate of drug-likeness (QED) is 0.392. The fourth-order valence-electron chi connectivity index (χ4n) is 3.71. The van der Waals surface area contributed by atoms with Crippen molar-refractivity contribution in [2.75, 3.05) is 19.0 Å². The van der Waals surface area contributed by atoms with Crippen LogP contribution in [0.25, 0.3) is 55.4 Å². The zero-order chi connectivity index (χ0) is 22.5. The first-order valence-electron chi connectivity index (χ1n) is 10.2. The third kappa shape index (κ3) is 3.31. The summed E-state index contributed by atoms with van der Waals surface area (Å²) < 4.78 is 13.6. The maximum absolute atomic E-state index is 13.6. The molecule has 0 radical (unpaired) electrons. The van der Waals surface area contributed by atoms with Crippen LogP contribution in [0.3, 0.4) is 0 Å².